The highest BCUT2D eigenvalue weighted by Gasteiger charge is 2.06. The van der Waals surface area contributed by atoms with Crippen molar-refractivity contribution in [2.24, 2.45) is 5.73 Å². The normalized spacial score (nSPS) is 13.2. The summed E-state index contributed by atoms with van der Waals surface area (Å²) in [6.07, 6.45) is 3.54. The van der Waals surface area contributed by atoms with Crippen molar-refractivity contribution < 1.29 is 9.15 Å². The lowest BCUT2D eigenvalue weighted by molar-refractivity contribution is 0.183. The first kappa shape index (κ1) is 10.3. The molecule has 0 bridgehead atoms. The van der Waals surface area contributed by atoms with Crippen LogP contribution in [0.5, 0.6) is 0 Å². The van der Waals surface area contributed by atoms with Gasteiger partial charge in [-0.15, -0.1) is 0 Å². The summed E-state index contributed by atoms with van der Waals surface area (Å²) in [5.41, 5.74) is 6.79. The molecule has 0 saturated heterocycles. The van der Waals surface area contributed by atoms with E-state index in [1.54, 1.807) is 13.4 Å². The number of furan rings is 1. The smallest absolute Gasteiger partial charge is 0.109 e. The Morgan fingerprint density at radius 2 is 2.38 bits per heavy atom. The molecule has 0 aliphatic heterocycles. The highest BCUT2D eigenvalue weighted by atomic mass is 16.5. The van der Waals surface area contributed by atoms with Gasteiger partial charge in [-0.2, -0.15) is 0 Å². The van der Waals surface area contributed by atoms with Crippen molar-refractivity contribution in [1.82, 2.24) is 0 Å². The van der Waals surface area contributed by atoms with Gasteiger partial charge in [0.25, 0.3) is 0 Å². The lowest BCUT2D eigenvalue weighted by Gasteiger charge is -2.04. The standard InChI is InChI=1S/C10H17NO2/c1-8(11)3-4-10-9(7-12-2)5-6-13-10/h5-6,8H,3-4,7,11H2,1-2H3. The SMILES string of the molecule is COCc1ccoc1CCC(C)N. The van der Waals surface area contributed by atoms with Gasteiger partial charge in [0, 0.05) is 25.1 Å². The van der Waals surface area contributed by atoms with Crippen LogP contribution in [0.15, 0.2) is 16.7 Å². The molecule has 1 heterocycles. The van der Waals surface area contributed by atoms with Crippen molar-refractivity contribution in [3.63, 3.8) is 0 Å². The second-order valence-corrected chi connectivity index (χ2v) is 3.32. The average molecular weight is 183 g/mol. The zero-order valence-corrected chi connectivity index (χ0v) is 8.25. The number of hydrogen-bond acceptors (Lipinski definition) is 3. The van der Waals surface area contributed by atoms with E-state index in [0.717, 1.165) is 24.2 Å². The second kappa shape index (κ2) is 5.04. The fourth-order valence-electron chi connectivity index (χ4n) is 1.23. The Morgan fingerprint density at radius 3 is 3.00 bits per heavy atom. The molecule has 1 atom stereocenters. The van der Waals surface area contributed by atoms with Crippen LogP contribution in [0.3, 0.4) is 0 Å². The molecule has 0 spiro atoms. The van der Waals surface area contributed by atoms with Gasteiger partial charge in [0.15, 0.2) is 0 Å². The van der Waals surface area contributed by atoms with Gasteiger partial charge >= 0.3 is 0 Å². The maximum atomic E-state index is 5.66. The van der Waals surface area contributed by atoms with Crippen LogP contribution in [0, 0.1) is 0 Å². The number of aryl methyl sites for hydroxylation is 1. The highest BCUT2D eigenvalue weighted by Crippen LogP contribution is 2.14. The summed E-state index contributed by atoms with van der Waals surface area (Å²) in [5.74, 6) is 0.999. The van der Waals surface area contributed by atoms with Crippen LogP contribution in [-0.4, -0.2) is 13.2 Å². The van der Waals surface area contributed by atoms with Gasteiger partial charge < -0.3 is 14.9 Å². The number of hydrogen-bond donors (Lipinski definition) is 1. The fraction of sp³-hybridized carbons (Fsp3) is 0.600. The van der Waals surface area contributed by atoms with Crippen LogP contribution >= 0.6 is 0 Å². The summed E-state index contributed by atoms with van der Waals surface area (Å²) in [6.45, 7) is 2.61. The van der Waals surface area contributed by atoms with Crippen LogP contribution in [0.1, 0.15) is 24.7 Å². The number of nitrogens with two attached hydrogens (primary N) is 1. The summed E-state index contributed by atoms with van der Waals surface area (Å²) in [6, 6.07) is 2.17. The molecule has 0 aliphatic carbocycles. The second-order valence-electron chi connectivity index (χ2n) is 3.32. The van der Waals surface area contributed by atoms with Crippen molar-refractivity contribution in [2.45, 2.75) is 32.4 Å². The molecule has 0 aliphatic rings. The summed E-state index contributed by atoms with van der Waals surface area (Å²) >= 11 is 0. The van der Waals surface area contributed by atoms with Crippen LogP contribution in [0.25, 0.3) is 0 Å². The molecule has 0 amide bonds. The summed E-state index contributed by atoms with van der Waals surface area (Å²) in [5, 5.41) is 0. The van der Waals surface area contributed by atoms with Crippen molar-refractivity contribution in [3.8, 4) is 0 Å². The van der Waals surface area contributed by atoms with E-state index in [1.807, 2.05) is 13.0 Å². The molecule has 1 unspecified atom stereocenters. The maximum Gasteiger partial charge on any atom is 0.109 e. The van der Waals surface area contributed by atoms with Crippen molar-refractivity contribution >= 4 is 0 Å². The van der Waals surface area contributed by atoms with Gasteiger partial charge in [-0.1, -0.05) is 0 Å². The number of ether oxygens (including phenoxy) is 1. The molecule has 0 saturated carbocycles. The molecular weight excluding hydrogens is 166 g/mol. The van der Waals surface area contributed by atoms with Crippen LogP contribution in [0.2, 0.25) is 0 Å². The minimum Gasteiger partial charge on any atom is -0.469 e. The Labute approximate surface area is 78.9 Å². The molecular formula is C10H17NO2. The van der Waals surface area contributed by atoms with E-state index in [4.69, 9.17) is 14.9 Å². The van der Waals surface area contributed by atoms with E-state index in [2.05, 4.69) is 0 Å². The molecule has 0 aromatic carbocycles. The Morgan fingerprint density at radius 1 is 1.62 bits per heavy atom. The Hall–Kier alpha value is -0.800. The predicted molar refractivity (Wildman–Crippen MR) is 51.4 cm³/mol. The van der Waals surface area contributed by atoms with E-state index >= 15 is 0 Å². The molecule has 2 N–H and O–H groups in total. The summed E-state index contributed by atoms with van der Waals surface area (Å²) < 4.78 is 10.4. The Balaban J connectivity index is 2.49. The third kappa shape index (κ3) is 3.20. The van der Waals surface area contributed by atoms with Gasteiger partial charge in [0.1, 0.15) is 5.76 Å². The number of methoxy groups -OCH3 is 1. The lowest BCUT2D eigenvalue weighted by Crippen LogP contribution is -2.15. The molecule has 13 heavy (non-hydrogen) atoms. The molecule has 0 radical (unpaired) electrons. The van der Waals surface area contributed by atoms with Crippen LogP contribution in [0.4, 0.5) is 0 Å². The van der Waals surface area contributed by atoms with E-state index in [9.17, 15) is 0 Å². The molecule has 3 nitrogen and oxygen atoms in total. The Bertz CT molecular complexity index is 243. The van der Waals surface area contributed by atoms with Gasteiger partial charge in [0.05, 0.1) is 12.9 Å². The minimum absolute atomic E-state index is 0.223. The van der Waals surface area contributed by atoms with Crippen molar-refractivity contribution in [1.29, 1.82) is 0 Å². The predicted octanol–water partition coefficient (Wildman–Crippen LogP) is 1.71. The van der Waals surface area contributed by atoms with Gasteiger partial charge in [-0.05, 0) is 19.4 Å². The Kier molecular flexibility index (Phi) is 3.99. The third-order valence-electron chi connectivity index (χ3n) is 1.96. The first-order chi connectivity index (χ1) is 6.24. The van der Waals surface area contributed by atoms with Crippen molar-refractivity contribution in [3.05, 3.63) is 23.7 Å². The molecule has 1 aromatic heterocycles. The van der Waals surface area contributed by atoms with Gasteiger partial charge in [0.2, 0.25) is 0 Å². The van der Waals surface area contributed by atoms with E-state index in [-0.39, 0.29) is 6.04 Å². The number of rotatable bonds is 5. The van der Waals surface area contributed by atoms with Crippen LogP contribution in [-0.2, 0) is 17.8 Å². The lowest BCUT2D eigenvalue weighted by atomic mass is 10.1. The first-order valence-corrected chi connectivity index (χ1v) is 4.53. The third-order valence-corrected chi connectivity index (χ3v) is 1.96. The minimum atomic E-state index is 0.223. The van der Waals surface area contributed by atoms with E-state index < -0.39 is 0 Å². The largest absolute Gasteiger partial charge is 0.469 e. The van der Waals surface area contributed by atoms with Crippen LogP contribution < -0.4 is 5.73 Å². The zero-order valence-electron chi connectivity index (χ0n) is 8.25. The molecule has 0 fully saturated rings. The summed E-state index contributed by atoms with van der Waals surface area (Å²) in [7, 11) is 1.68. The quantitative estimate of drug-likeness (QED) is 0.756. The molecule has 74 valence electrons. The monoisotopic (exact) mass is 183 g/mol. The van der Waals surface area contributed by atoms with E-state index in [1.165, 1.54) is 0 Å². The zero-order chi connectivity index (χ0) is 9.68. The maximum absolute atomic E-state index is 5.66. The van der Waals surface area contributed by atoms with Gasteiger partial charge in [-0.3, -0.25) is 0 Å². The molecule has 1 rings (SSSR count). The van der Waals surface area contributed by atoms with Gasteiger partial charge in [-0.25, -0.2) is 0 Å². The van der Waals surface area contributed by atoms with E-state index in [0.29, 0.717) is 6.61 Å². The summed E-state index contributed by atoms with van der Waals surface area (Å²) in [4.78, 5) is 0. The van der Waals surface area contributed by atoms with Crippen molar-refractivity contribution in [2.75, 3.05) is 7.11 Å². The first-order valence-electron chi connectivity index (χ1n) is 4.53. The topological polar surface area (TPSA) is 48.4 Å². The fourth-order valence-corrected chi connectivity index (χ4v) is 1.23. The molecule has 3 heteroatoms. The molecule has 1 aromatic rings. The average Bonchev–Trinajstić information content (AvgIpc) is 2.49. The highest BCUT2D eigenvalue weighted by molar-refractivity contribution is 5.16.